The number of carbonyl (C=O) groups excluding carboxylic acids is 1. The van der Waals surface area contributed by atoms with Crippen LogP contribution < -0.4 is 0 Å². The third-order valence-corrected chi connectivity index (χ3v) is 3.03. The molecule has 1 aromatic rings. The van der Waals surface area contributed by atoms with Crippen molar-refractivity contribution in [1.29, 1.82) is 5.26 Å². The standard InChI is InChI=1S/C12H11BrN2O4/c1-2-19-12(16)5-10-9(7-14)3-8(6-13)4-11(10)15(17)18/h3-4H,2,5-6H2,1H3. The lowest BCUT2D eigenvalue weighted by Crippen LogP contribution is -2.11. The molecule has 1 rings (SSSR count). The molecule has 0 fully saturated rings. The summed E-state index contributed by atoms with van der Waals surface area (Å²) in [6.45, 7) is 1.83. The van der Waals surface area contributed by atoms with Crippen LogP contribution in [-0.2, 0) is 21.3 Å². The third-order valence-electron chi connectivity index (χ3n) is 2.38. The van der Waals surface area contributed by atoms with Crippen molar-refractivity contribution in [2.75, 3.05) is 6.61 Å². The van der Waals surface area contributed by atoms with Crippen molar-refractivity contribution < 1.29 is 14.5 Å². The van der Waals surface area contributed by atoms with Crippen LogP contribution in [0.5, 0.6) is 0 Å². The first-order chi connectivity index (χ1) is 9.03. The van der Waals surface area contributed by atoms with Crippen molar-refractivity contribution >= 4 is 27.6 Å². The van der Waals surface area contributed by atoms with Gasteiger partial charge in [-0.25, -0.2) is 0 Å². The summed E-state index contributed by atoms with van der Waals surface area (Å²) >= 11 is 3.18. The maximum Gasteiger partial charge on any atom is 0.310 e. The summed E-state index contributed by atoms with van der Waals surface area (Å²) in [6, 6.07) is 4.76. The zero-order valence-electron chi connectivity index (χ0n) is 10.2. The Morgan fingerprint density at radius 2 is 2.26 bits per heavy atom. The van der Waals surface area contributed by atoms with Crippen molar-refractivity contribution in [3.8, 4) is 6.07 Å². The molecular formula is C12H11BrN2O4. The molecule has 19 heavy (non-hydrogen) atoms. The fraction of sp³-hybridized carbons (Fsp3) is 0.333. The second kappa shape index (κ2) is 6.85. The second-order valence-electron chi connectivity index (χ2n) is 3.63. The van der Waals surface area contributed by atoms with Crippen molar-refractivity contribution in [2.24, 2.45) is 0 Å². The molecule has 0 aliphatic heterocycles. The number of benzene rings is 1. The fourth-order valence-electron chi connectivity index (χ4n) is 1.60. The summed E-state index contributed by atoms with van der Waals surface area (Å²) in [5, 5.41) is 20.5. The van der Waals surface area contributed by atoms with Gasteiger partial charge in [0.1, 0.15) is 0 Å². The number of hydrogen-bond acceptors (Lipinski definition) is 5. The van der Waals surface area contributed by atoms with Gasteiger partial charge in [-0.2, -0.15) is 5.26 Å². The highest BCUT2D eigenvalue weighted by Crippen LogP contribution is 2.26. The molecule has 0 saturated heterocycles. The molecule has 0 aliphatic rings. The lowest BCUT2D eigenvalue weighted by molar-refractivity contribution is -0.385. The molecular weight excluding hydrogens is 316 g/mol. The predicted molar refractivity (Wildman–Crippen MR) is 70.8 cm³/mol. The van der Waals surface area contributed by atoms with Crippen molar-refractivity contribution in [3.63, 3.8) is 0 Å². The van der Waals surface area contributed by atoms with E-state index in [1.54, 1.807) is 6.92 Å². The maximum atomic E-state index is 11.4. The highest BCUT2D eigenvalue weighted by atomic mass is 79.9. The molecule has 0 heterocycles. The number of nitro benzene ring substituents is 1. The van der Waals surface area contributed by atoms with Gasteiger partial charge in [-0.15, -0.1) is 0 Å². The van der Waals surface area contributed by atoms with Crippen LogP contribution in [0.1, 0.15) is 23.6 Å². The summed E-state index contributed by atoms with van der Waals surface area (Å²) in [4.78, 5) is 21.9. The summed E-state index contributed by atoms with van der Waals surface area (Å²) < 4.78 is 4.76. The molecule has 0 aliphatic carbocycles. The van der Waals surface area contributed by atoms with E-state index in [1.807, 2.05) is 6.07 Å². The zero-order chi connectivity index (χ0) is 14.4. The third kappa shape index (κ3) is 3.76. The van der Waals surface area contributed by atoms with E-state index in [0.29, 0.717) is 10.9 Å². The smallest absolute Gasteiger partial charge is 0.310 e. The SMILES string of the molecule is CCOC(=O)Cc1c(C#N)cc(CBr)cc1[N+](=O)[O-]. The number of esters is 1. The number of rotatable bonds is 5. The molecule has 0 radical (unpaired) electrons. The van der Waals surface area contributed by atoms with Gasteiger partial charge < -0.3 is 4.74 Å². The van der Waals surface area contributed by atoms with Gasteiger partial charge in [0.2, 0.25) is 0 Å². The van der Waals surface area contributed by atoms with Gasteiger partial charge in [0, 0.05) is 11.4 Å². The summed E-state index contributed by atoms with van der Waals surface area (Å²) in [5.41, 5.74) is 0.588. The number of halogens is 1. The Balaban J connectivity index is 3.30. The number of nitriles is 1. The van der Waals surface area contributed by atoms with Crippen LogP contribution >= 0.6 is 15.9 Å². The molecule has 0 spiro atoms. The Morgan fingerprint density at radius 3 is 2.74 bits per heavy atom. The van der Waals surface area contributed by atoms with Crippen LogP contribution in [-0.4, -0.2) is 17.5 Å². The Kier molecular flexibility index (Phi) is 5.45. The van der Waals surface area contributed by atoms with Gasteiger partial charge >= 0.3 is 5.97 Å². The van der Waals surface area contributed by atoms with E-state index in [4.69, 9.17) is 10.00 Å². The molecule has 0 unspecified atom stereocenters. The average molecular weight is 327 g/mol. The first kappa shape index (κ1) is 15.1. The van der Waals surface area contributed by atoms with Crippen LogP contribution in [0.2, 0.25) is 0 Å². The number of hydrogen-bond donors (Lipinski definition) is 0. The molecule has 0 saturated carbocycles. The van der Waals surface area contributed by atoms with Gasteiger partial charge in [0.05, 0.1) is 35.1 Å². The first-order valence-electron chi connectivity index (χ1n) is 5.45. The zero-order valence-corrected chi connectivity index (χ0v) is 11.8. The Bertz CT molecular complexity index is 551. The van der Waals surface area contributed by atoms with E-state index in [0.717, 1.165) is 0 Å². The van der Waals surface area contributed by atoms with Gasteiger partial charge in [-0.1, -0.05) is 15.9 Å². The lowest BCUT2D eigenvalue weighted by atomic mass is 10.0. The molecule has 7 heteroatoms. The number of alkyl halides is 1. The Hall–Kier alpha value is -1.94. The molecule has 0 N–H and O–H groups in total. The van der Waals surface area contributed by atoms with Crippen LogP contribution in [0.25, 0.3) is 0 Å². The highest BCUT2D eigenvalue weighted by molar-refractivity contribution is 9.08. The Morgan fingerprint density at radius 1 is 1.58 bits per heavy atom. The molecule has 6 nitrogen and oxygen atoms in total. The minimum Gasteiger partial charge on any atom is -0.466 e. The van der Waals surface area contributed by atoms with Crippen molar-refractivity contribution in [3.05, 3.63) is 38.9 Å². The number of ether oxygens (including phenoxy) is 1. The largest absolute Gasteiger partial charge is 0.466 e. The maximum absolute atomic E-state index is 11.4. The second-order valence-corrected chi connectivity index (χ2v) is 4.19. The normalized spacial score (nSPS) is 9.74. The van der Waals surface area contributed by atoms with Crippen molar-refractivity contribution in [2.45, 2.75) is 18.7 Å². The summed E-state index contributed by atoms with van der Waals surface area (Å²) in [5.74, 6) is -0.589. The topological polar surface area (TPSA) is 93.2 Å². The van der Waals surface area contributed by atoms with Crippen LogP contribution in [0, 0.1) is 21.4 Å². The van der Waals surface area contributed by atoms with E-state index in [1.165, 1.54) is 12.1 Å². The van der Waals surface area contributed by atoms with E-state index < -0.39 is 10.9 Å². The number of nitrogens with zero attached hydrogens (tertiary/aromatic N) is 2. The van der Waals surface area contributed by atoms with E-state index in [9.17, 15) is 14.9 Å². The number of carbonyl (C=O) groups is 1. The minimum absolute atomic E-state index is 0.0932. The molecule has 0 amide bonds. The van der Waals surface area contributed by atoms with Crippen LogP contribution in [0.15, 0.2) is 12.1 Å². The summed E-state index contributed by atoms with van der Waals surface area (Å²) in [6.07, 6.45) is -0.282. The van der Waals surface area contributed by atoms with Crippen LogP contribution in [0.3, 0.4) is 0 Å². The fourth-order valence-corrected chi connectivity index (χ4v) is 1.92. The van der Waals surface area contributed by atoms with Crippen molar-refractivity contribution in [1.82, 2.24) is 0 Å². The van der Waals surface area contributed by atoms with Crippen LogP contribution in [0.4, 0.5) is 5.69 Å². The van der Waals surface area contributed by atoms with E-state index >= 15 is 0 Å². The van der Waals surface area contributed by atoms with E-state index in [2.05, 4.69) is 15.9 Å². The highest BCUT2D eigenvalue weighted by Gasteiger charge is 2.22. The lowest BCUT2D eigenvalue weighted by Gasteiger charge is -2.07. The first-order valence-corrected chi connectivity index (χ1v) is 6.57. The molecule has 0 aromatic heterocycles. The quantitative estimate of drug-likeness (QED) is 0.358. The van der Waals surface area contributed by atoms with E-state index in [-0.39, 0.29) is 29.8 Å². The van der Waals surface area contributed by atoms with Gasteiger partial charge in [0.15, 0.2) is 0 Å². The summed E-state index contributed by atoms with van der Waals surface area (Å²) in [7, 11) is 0. The average Bonchev–Trinajstić information content (AvgIpc) is 2.38. The molecule has 100 valence electrons. The Labute approximate surface area is 118 Å². The molecule has 0 atom stereocenters. The minimum atomic E-state index is -0.596. The monoisotopic (exact) mass is 326 g/mol. The van der Waals surface area contributed by atoms with Gasteiger partial charge in [0.25, 0.3) is 5.69 Å². The molecule has 1 aromatic carbocycles. The van der Waals surface area contributed by atoms with Gasteiger partial charge in [-0.3, -0.25) is 14.9 Å². The predicted octanol–water partition coefficient (Wildman–Crippen LogP) is 2.47. The number of nitro groups is 1. The van der Waals surface area contributed by atoms with Gasteiger partial charge in [-0.05, 0) is 18.6 Å². The molecule has 0 bridgehead atoms.